The normalized spacial score (nSPS) is 10.3. The first-order valence-electron chi connectivity index (χ1n) is 6.72. The summed E-state index contributed by atoms with van der Waals surface area (Å²) in [4.78, 5) is 19.9. The van der Waals surface area contributed by atoms with Crippen molar-refractivity contribution in [2.75, 3.05) is 23.7 Å². The molecular weight excluding hydrogens is 242 g/mol. The van der Waals surface area contributed by atoms with Gasteiger partial charge in [-0.05, 0) is 26.3 Å². The average molecular weight is 265 g/mol. The molecule has 1 rings (SSSR count). The van der Waals surface area contributed by atoms with Gasteiger partial charge in [0.05, 0.1) is 0 Å². The molecule has 1 heterocycles. The Kier molecular flexibility index (Phi) is 6.63. The quantitative estimate of drug-likeness (QED) is 0.665. The van der Waals surface area contributed by atoms with Crippen LogP contribution in [0.2, 0.25) is 0 Å². The zero-order valence-corrected chi connectivity index (χ0v) is 11.9. The summed E-state index contributed by atoms with van der Waals surface area (Å²) in [6.45, 7) is 7.38. The predicted molar refractivity (Wildman–Crippen MR) is 77.2 cm³/mol. The molecule has 6 heteroatoms. The van der Waals surface area contributed by atoms with Gasteiger partial charge in [-0.1, -0.05) is 6.92 Å². The molecule has 1 aromatic heterocycles. The van der Waals surface area contributed by atoms with Gasteiger partial charge in [-0.3, -0.25) is 4.79 Å². The molecule has 3 N–H and O–H groups in total. The van der Waals surface area contributed by atoms with E-state index >= 15 is 0 Å². The predicted octanol–water partition coefficient (Wildman–Crippen LogP) is 1.63. The molecular formula is C13H23N5O. The summed E-state index contributed by atoms with van der Waals surface area (Å²) in [5.74, 6) is 1.38. The van der Waals surface area contributed by atoms with Crippen LogP contribution >= 0.6 is 0 Å². The summed E-state index contributed by atoms with van der Waals surface area (Å²) < 4.78 is 0. The minimum absolute atomic E-state index is 0.0425. The van der Waals surface area contributed by atoms with Crippen molar-refractivity contribution in [3.05, 3.63) is 12.3 Å². The summed E-state index contributed by atoms with van der Waals surface area (Å²) in [5, 5.41) is 9.08. The first kappa shape index (κ1) is 15.2. The van der Waals surface area contributed by atoms with Gasteiger partial charge in [0.1, 0.15) is 5.82 Å². The number of carbonyl (C=O) groups excluding carboxylic acids is 1. The molecule has 0 aliphatic rings. The molecule has 19 heavy (non-hydrogen) atoms. The van der Waals surface area contributed by atoms with Crippen LogP contribution in [-0.2, 0) is 4.79 Å². The maximum absolute atomic E-state index is 11.5. The summed E-state index contributed by atoms with van der Waals surface area (Å²) in [6, 6.07) is 1.97. The molecule has 0 spiro atoms. The molecule has 0 bridgehead atoms. The first-order chi connectivity index (χ1) is 9.11. The van der Waals surface area contributed by atoms with Gasteiger partial charge in [-0.25, -0.2) is 4.98 Å². The number of aromatic nitrogens is 2. The van der Waals surface area contributed by atoms with Crippen molar-refractivity contribution in [3.8, 4) is 0 Å². The molecule has 0 saturated carbocycles. The molecule has 0 aliphatic carbocycles. The Labute approximate surface area is 114 Å². The Morgan fingerprint density at radius 1 is 1.32 bits per heavy atom. The van der Waals surface area contributed by atoms with E-state index in [2.05, 4.69) is 32.8 Å². The van der Waals surface area contributed by atoms with E-state index in [1.807, 2.05) is 13.8 Å². The molecule has 0 saturated heterocycles. The smallest absolute Gasteiger partial charge is 0.224 e. The molecule has 0 aromatic carbocycles. The topological polar surface area (TPSA) is 78.9 Å². The maximum atomic E-state index is 11.5. The van der Waals surface area contributed by atoms with E-state index in [0.717, 1.165) is 18.8 Å². The second-order valence-electron chi connectivity index (χ2n) is 4.59. The van der Waals surface area contributed by atoms with Crippen LogP contribution in [0, 0.1) is 0 Å². The number of nitrogens with one attached hydrogen (secondary N) is 3. The van der Waals surface area contributed by atoms with Crippen molar-refractivity contribution in [3.63, 3.8) is 0 Å². The summed E-state index contributed by atoms with van der Waals surface area (Å²) in [5.41, 5.74) is 0. The van der Waals surface area contributed by atoms with Crippen molar-refractivity contribution in [1.82, 2.24) is 15.3 Å². The Balaban J connectivity index is 2.34. The van der Waals surface area contributed by atoms with Gasteiger partial charge in [-0.15, -0.1) is 0 Å². The lowest BCUT2D eigenvalue weighted by molar-refractivity contribution is -0.121. The fraction of sp³-hybridized carbons (Fsp3) is 0.615. The standard InChI is InChI=1S/C13H23N5O/c1-4-7-15-13-16-8-5-11(18-13)14-9-6-12(19)17-10(2)3/h5,8,10H,4,6-7,9H2,1-3H3,(H,17,19)(H2,14,15,16,18). The lowest BCUT2D eigenvalue weighted by atomic mass is 10.3. The van der Waals surface area contributed by atoms with Crippen LogP contribution in [-0.4, -0.2) is 35.0 Å². The molecule has 1 amide bonds. The Hall–Kier alpha value is -1.85. The summed E-state index contributed by atoms with van der Waals surface area (Å²) in [6.07, 6.45) is 3.15. The summed E-state index contributed by atoms with van der Waals surface area (Å²) in [7, 11) is 0. The third-order valence-corrected chi connectivity index (χ3v) is 2.30. The molecule has 6 nitrogen and oxygen atoms in total. The van der Waals surface area contributed by atoms with Crippen molar-refractivity contribution in [2.45, 2.75) is 39.7 Å². The van der Waals surface area contributed by atoms with Gasteiger partial charge in [0.2, 0.25) is 11.9 Å². The van der Waals surface area contributed by atoms with Gasteiger partial charge >= 0.3 is 0 Å². The highest BCUT2D eigenvalue weighted by Crippen LogP contribution is 2.05. The average Bonchev–Trinajstić information content (AvgIpc) is 2.36. The molecule has 0 unspecified atom stereocenters. The van der Waals surface area contributed by atoms with Crippen LogP contribution in [0.5, 0.6) is 0 Å². The van der Waals surface area contributed by atoms with Gasteiger partial charge in [0, 0.05) is 31.7 Å². The Bertz CT molecular complexity index is 394. The number of nitrogens with zero attached hydrogens (tertiary/aromatic N) is 2. The Morgan fingerprint density at radius 2 is 2.11 bits per heavy atom. The monoisotopic (exact) mass is 265 g/mol. The SMILES string of the molecule is CCCNc1nccc(NCCC(=O)NC(C)C)n1. The van der Waals surface area contributed by atoms with E-state index in [0.29, 0.717) is 18.9 Å². The van der Waals surface area contributed by atoms with E-state index in [1.54, 1.807) is 12.3 Å². The zero-order valence-electron chi connectivity index (χ0n) is 11.9. The van der Waals surface area contributed by atoms with Crippen LogP contribution < -0.4 is 16.0 Å². The first-order valence-corrected chi connectivity index (χ1v) is 6.72. The number of carbonyl (C=O) groups is 1. The molecule has 0 atom stereocenters. The summed E-state index contributed by atoms with van der Waals surface area (Å²) >= 11 is 0. The number of hydrogen-bond donors (Lipinski definition) is 3. The van der Waals surface area contributed by atoms with E-state index in [4.69, 9.17) is 0 Å². The van der Waals surface area contributed by atoms with E-state index in [1.165, 1.54) is 0 Å². The fourth-order valence-electron chi connectivity index (χ4n) is 1.48. The number of rotatable bonds is 8. The van der Waals surface area contributed by atoms with E-state index < -0.39 is 0 Å². The number of hydrogen-bond acceptors (Lipinski definition) is 5. The third kappa shape index (κ3) is 6.59. The largest absolute Gasteiger partial charge is 0.369 e. The van der Waals surface area contributed by atoms with E-state index in [9.17, 15) is 4.79 Å². The molecule has 0 fully saturated rings. The van der Waals surface area contributed by atoms with Crippen molar-refractivity contribution < 1.29 is 4.79 Å². The lowest BCUT2D eigenvalue weighted by Crippen LogP contribution is -2.31. The maximum Gasteiger partial charge on any atom is 0.224 e. The minimum Gasteiger partial charge on any atom is -0.369 e. The lowest BCUT2D eigenvalue weighted by Gasteiger charge is -2.09. The third-order valence-electron chi connectivity index (χ3n) is 2.30. The fourth-order valence-corrected chi connectivity index (χ4v) is 1.48. The minimum atomic E-state index is 0.0425. The van der Waals surface area contributed by atoms with Crippen molar-refractivity contribution in [2.24, 2.45) is 0 Å². The molecule has 0 aliphatic heterocycles. The highest BCUT2D eigenvalue weighted by Gasteiger charge is 2.03. The number of anilines is 2. The van der Waals surface area contributed by atoms with Crippen LogP contribution in [0.3, 0.4) is 0 Å². The van der Waals surface area contributed by atoms with Crippen LogP contribution in [0.4, 0.5) is 11.8 Å². The Morgan fingerprint density at radius 3 is 2.79 bits per heavy atom. The van der Waals surface area contributed by atoms with Gasteiger partial charge < -0.3 is 16.0 Å². The molecule has 0 radical (unpaired) electrons. The van der Waals surface area contributed by atoms with Crippen molar-refractivity contribution >= 4 is 17.7 Å². The van der Waals surface area contributed by atoms with Gasteiger partial charge in [-0.2, -0.15) is 4.98 Å². The van der Waals surface area contributed by atoms with Crippen molar-refractivity contribution in [1.29, 1.82) is 0 Å². The highest BCUT2D eigenvalue weighted by atomic mass is 16.1. The number of amides is 1. The molecule has 106 valence electrons. The van der Waals surface area contributed by atoms with Crippen LogP contribution in [0.15, 0.2) is 12.3 Å². The second kappa shape index (κ2) is 8.29. The van der Waals surface area contributed by atoms with Crippen LogP contribution in [0.1, 0.15) is 33.6 Å². The van der Waals surface area contributed by atoms with Gasteiger partial charge in [0.15, 0.2) is 0 Å². The zero-order chi connectivity index (χ0) is 14.1. The molecule has 1 aromatic rings. The highest BCUT2D eigenvalue weighted by molar-refractivity contribution is 5.76. The van der Waals surface area contributed by atoms with Crippen LogP contribution in [0.25, 0.3) is 0 Å². The van der Waals surface area contributed by atoms with Gasteiger partial charge in [0.25, 0.3) is 0 Å². The van der Waals surface area contributed by atoms with E-state index in [-0.39, 0.29) is 11.9 Å². The second-order valence-corrected chi connectivity index (χ2v) is 4.59.